The van der Waals surface area contributed by atoms with E-state index >= 15 is 0 Å². The number of aldehydes is 1. The first-order chi connectivity index (χ1) is 16.2. The van der Waals surface area contributed by atoms with Gasteiger partial charge in [0.15, 0.2) is 6.29 Å². The lowest BCUT2D eigenvalue weighted by atomic mass is 9.93. The van der Waals surface area contributed by atoms with Crippen molar-refractivity contribution >= 4 is 46.1 Å². The molecule has 0 bridgehead atoms. The number of carbonyl (C=O) groups excluding carboxylic acids is 1. The average Bonchev–Trinajstić information content (AvgIpc) is 3.35. The van der Waals surface area contributed by atoms with Crippen LogP contribution in [0.25, 0.3) is 5.70 Å². The van der Waals surface area contributed by atoms with Crippen LogP contribution in [0.4, 0.5) is 5.13 Å². The molecule has 4 aromatic rings. The Hall–Kier alpha value is -3.59. The SMILES string of the molecule is NSc1ccc(CC(C(=Nc2nc(C=O)cs2)c2cccnc2)=C(N)c2ccccc2)cc1. The van der Waals surface area contributed by atoms with Gasteiger partial charge >= 0.3 is 0 Å². The number of aromatic nitrogens is 2. The van der Waals surface area contributed by atoms with E-state index in [0.717, 1.165) is 27.2 Å². The molecule has 4 N–H and O–H groups in total. The van der Waals surface area contributed by atoms with Crippen molar-refractivity contribution in [2.45, 2.75) is 11.3 Å². The Kier molecular flexibility index (Phi) is 7.41. The van der Waals surface area contributed by atoms with E-state index in [9.17, 15) is 4.79 Å². The number of aliphatic imine (C=N–C) groups is 1. The van der Waals surface area contributed by atoms with Gasteiger partial charge in [-0.3, -0.25) is 14.9 Å². The minimum atomic E-state index is 0.348. The summed E-state index contributed by atoms with van der Waals surface area (Å²) in [5.41, 5.74) is 12.0. The third-order valence-electron chi connectivity index (χ3n) is 4.91. The lowest BCUT2D eigenvalue weighted by molar-refractivity contribution is 0.111. The monoisotopic (exact) mass is 471 g/mol. The zero-order chi connectivity index (χ0) is 23.0. The number of rotatable bonds is 8. The lowest BCUT2D eigenvalue weighted by Gasteiger charge is -2.16. The molecule has 0 radical (unpaired) electrons. The molecule has 2 heterocycles. The quantitative estimate of drug-likeness (QED) is 0.212. The van der Waals surface area contributed by atoms with Crippen molar-refractivity contribution in [3.05, 3.63) is 112 Å². The second-order valence-corrected chi connectivity index (χ2v) is 8.62. The third-order valence-corrected chi connectivity index (χ3v) is 6.21. The summed E-state index contributed by atoms with van der Waals surface area (Å²) >= 11 is 2.51. The zero-order valence-electron chi connectivity index (χ0n) is 17.6. The number of benzene rings is 2. The highest BCUT2D eigenvalue weighted by Gasteiger charge is 2.18. The predicted molar refractivity (Wildman–Crippen MR) is 136 cm³/mol. The summed E-state index contributed by atoms with van der Waals surface area (Å²) in [6.45, 7) is 0. The maximum atomic E-state index is 11.1. The van der Waals surface area contributed by atoms with Gasteiger partial charge in [-0.25, -0.2) is 9.98 Å². The number of carbonyl (C=O) groups is 1. The molecule has 8 heteroatoms. The molecule has 0 aliphatic heterocycles. The summed E-state index contributed by atoms with van der Waals surface area (Å²) in [4.78, 5) is 25.5. The summed E-state index contributed by atoms with van der Waals surface area (Å²) < 4.78 is 0. The molecule has 2 aromatic carbocycles. The number of nitrogens with two attached hydrogens (primary N) is 2. The first-order valence-corrected chi connectivity index (χ1v) is 11.8. The standard InChI is InChI=1S/C25H21N5OS2/c26-23(18-5-2-1-3-6-18)22(13-17-8-10-21(33-27)11-9-17)24(19-7-4-12-28-14-19)30-25-29-20(15-31)16-32-25/h1-12,14-16H,13,26-27H2. The van der Waals surface area contributed by atoms with Gasteiger partial charge in [-0.2, -0.15) is 0 Å². The summed E-state index contributed by atoms with van der Waals surface area (Å²) in [6, 6.07) is 21.6. The van der Waals surface area contributed by atoms with E-state index in [0.29, 0.717) is 34.9 Å². The maximum absolute atomic E-state index is 11.1. The van der Waals surface area contributed by atoms with Crippen molar-refractivity contribution < 1.29 is 4.79 Å². The Morgan fingerprint density at radius 1 is 1.03 bits per heavy atom. The van der Waals surface area contributed by atoms with Gasteiger partial charge in [-0.1, -0.05) is 42.5 Å². The lowest BCUT2D eigenvalue weighted by Crippen LogP contribution is -2.14. The second kappa shape index (κ2) is 10.8. The molecule has 0 saturated heterocycles. The first-order valence-electron chi connectivity index (χ1n) is 10.1. The zero-order valence-corrected chi connectivity index (χ0v) is 19.2. The smallest absolute Gasteiger partial charge is 0.210 e. The molecule has 0 saturated carbocycles. The first kappa shape index (κ1) is 22.6. The second-order valence-electron chi connectivity index (χ2n) is 7.07. The van der Waals surface area contributed by atoms with Crippen molar-refractivity contribution in [1.29, 1.82) is 0 Å². The van der Waals surface area contributed by atoms with Crippen LogP contribution in [0.15, 0.2) is 100.0 Å². The number of pyridine rings is 1. The fourth-order valence-corrected chi connectivity index (χ4v) is 4.20. The molecule has 0 amide bonds. The molecule has 0 aliphatic rings. The van der Waals surface area contributed by atoms with Gasteiger partial charge in [0, 0.05) is 45.9 Å². The van der Waals surface area contributed by atoms with Crippen LogP contribution in [0.2, 0.25) is 0 Å². The normalized spacial score (nSPS) is 12.3. The Labute approximate surface area is 200 Å². The van der Waals surface area contributed by atoms with Crippen LogP contribution >= 0.6 is 23.3 Å². The topological polar surface area (TPSA) is 107 Å². The highest BCUT2D eigenvalue weighted by atomic mass is 32.2. The van der Waals surface area contributed by atoms with Gasteiger partial charge in [-0.15, -0.1) is 11.3 Å². The number of allylic oxidation sites excluding steroid dienone is 1. The predicted octanol–water partition coefficient (Wildman–Crippen LogP) is 5.05. The van der Waals surface area contributed by atoms with E-state index in [2.05, 4.69) is 9.97 Å². The van der Waals surface area contributed by atoms with E-state index in [-0.39, 0.29) is 0 Å². The van der Waals surface area contributed by atoms with Crippen LogP contribution in [-0.4, -0.2) is 22.0 Å². The molecule has 0 fully saturated rings. The molecule has 6 nitrogen and oxygen atoms in total. The minimum Gasteiger partial charge on any atom is -0.398 e. The minimum absolute atomic E-state index is 0.348. The number of hydrogen-bond donors (Lipinski definition) is 2. The van der Waals surface area contributed by atoms with E-state index in [4.69, 9.17) is 15.9 Å². The van der Waals surface area contributed by atoms with Crippen molar-refractivity contribution in [2.24, 2.45) is 15.9 Å². The van der Waals surface area contributed by atoms with Crippen LogP contribution < -0.4 is 10.9 Å². The largest absolute Gasteiger partial charge is 0.398 e. The van der Waals surface area contributed by atoms with Crippen molar-refractivity contribution in [2.75, 3.05) is 0 Å². The van der Waals surface area contributed by atoms with Crippen LogP contribution in [-0.2, 0) is 6.42 Å². The molecule has 164 valence electrons. The van der Waals surface area contributed by atoms with Gasteiger partial charge in [-0.05, 0) is 47.3 Å². The van der Waals surface area contributed by atoms with E-state index in [1.54, 1.807) is 17.8 Å². The van der Waals surface area contributed by atoms with E-state index in [1.165, 1.54) is 23.3 Å². The Morgan fingerprint density at radius 3 is 2.42 bits per heavy atom. The molecule has 2 aromatic heterocycles. The molecule has 0 unspecified atom stereocenters. The molecular formula is C25H21N5OS2. The van der Waals surface area contributed by atoms with Crippen LogP contribution in [0.3, 0.4) is 0 Å². The molecular weight excluding hydrogens is 450 g/mol. The fourth-order valence-electron chi connectivity index (χ4n) is 3.27. The summed E-state index contributed by atoms with van der Waals surface area (Å²) in [5.74, 6) is 0. The number of hydrogen-bond acceptors (Lipinski definition) is 8. The summed E-state index contributed by atoms with van der Waals surface area (Å²) in [6.07, 6.45) is 4.71. The van der Waals surface area contributed by atoms with Crippen LogP contribution in [0.5, 0.6) is 0 Å². The highest BCUT2D eigenvalue weighted by Crippen LogP contribution is 2.27. The maximum Gasteiger partial charge on any atom is 0.210 e. The van der Waals surface area contributed by atoms with Crippen molar-refractivity contribution in [3.63, 3.8) is 0 Å². The van der Waals surface area contributed by atoms with Gasteiger partial charge in [0.2, 0.25) is 5.13 Å². The third kappa shape index (κ3) is 5.61. The Bertz CT molecular complexity index is 1280. The van der Waals surface area contributed by atoms with Gasteiger partial charge in [0.25, 0.3) is 0 Å². The Morgan fingerprint density at radius 2 is 1.79 bits per heavy atom. The average molecular weight is 472 g/mol. The molecule has 0 spiro atoms. The highest BCUT2D eigenvalue weighted by molar-refractivity contribution is 7.97. The van der Waals surface area contributed by atoms with Gasteiger partial charge in [0.05, 0.1) is 5.71 Å². The van der Waals surface area contributed by atoms with E-state index < -0.39 is 0 Å². The molecule has 0 aliphatic carbocycles. The fraction of sp³-hybridized carbons (Fsp3) is 0.0400. The molecule has 0 atom stereocenters. The van der Waals surface area contributed by atoms with Crippen molar-refractivity contribution in [3.8, 4) is 0 Å². The number of nitrogens with zero attached hydrogens (tertiary/aromatic N) is 3. The number of thiazole rings is 1. The van der Waals surface area contributed by atoms with Crippen LogP contribution in [0, 0.1) is 0 Å². The van der Waals surface area contributed by atoms with Crippen LogP contribution in [0.1, 0.15) is 27.2 Å². The summed E-state index contributed by atoms with van der Waals surface area (Å²) in [5, 5.41) is 7.84. The summed E-state index contributed by atoms with van der Waals surface area (Å²) in [7, 11) is 0. The Balaban J connectivity index is 1.89. The van der Waals surface area contributed by atoms with Gasteiger partial charge < -0.3 is 5.73 Å². The van der Waals surface area contributed by atoms with Gasteiger partial charge in [0.1, 0.15) is 5.69 Å². The van der Waals surface area contributed by atoms with E-state index in [1.807, 2.05) is 66.7 Å². The molecule has 4 rings (SSSR count). The molecule has 33 heavy (non-hydrogen) atoms. The van der Waals surface area contributed by atoms with Crippen molar-refractivity contribution in [1.82, 2.24) is 9.97 Å².